The summed E-state index contributed by atoms with van der Waals surface area (Å²) in [5.74, 6) is -0.151. The summed E-state index contributed by atoms with van der Waals surface area (Å²) < 4.78 is 33.9. The SMILES string of the molecule is CCOc1cc(OC(F)(F)Cl)nc(NC)n1. The van der Waals surface area contributed by atoms with Crippen molar-refractivity contribution in [1.82, 2.24) is 9.97 Å². The molecule has 0 saturated carbocycles. The molecule has 0 aliphatic heterocycles. The molecule has 0 aromatic carbocycles. The van der Waals surface area contributed by atoms with E-state index >= 15 is 0 Å². The van der Waals surface area contributed by atoms with Crippen LogP contribution in [0.4, 0.5) is 14.7 Å². The fraction of sp³-hybridized carbons (Fsp3) is 0.500. The first kappa shape index (κ1) is 12.7. The number of rotatable bonds is 5. The second-order valence-electron chi connectivity index (χ2n) is 2.60. The summed E-state index contributed by atoms with van der Waals surface area (Å²) in [5, 5.41) is 2.58. The molecule has 16 heavy (non-hydrogen) atoms. The van der Waals surface area contributed by atoms with E-state index in [1.807, 2.05) is 0 Å². The Balaban J connectivity index is 2.95. The van der Waals surface area contributed by atoms with Gasteiger partial charge in [0, 0.05) is 18.6 Å². The molecule has 90 valence electrons. The molecule has 0 amide bonds. The van der Waals surface area contributed by atoms with Gasteiger partial charge in [0.05, 0.1) is 12.7 Å². The standard InChI is InChI=1S/C8H10ClF2N3O2/c1-3-15-5-4-6(16-8(9,10)11)14-7(12-2)13-5/h4H,3H2,1-2H3,(H,12,13,14). The first-order valence-electron chi connectivity index (χ1n) is 4.40. The molecular weight excluding hydrogens is 244 g/mol. The van der Waals surface area contributed by atoms with Gasteiger partial charge in [0.2, 0.25) is 17.7 Å². The summed E-state index contributed by atoms with van der Waals surface area (Å²) in [6, 6.07) is 1.13. The molecule has 0 bridgehead atoms. The van der Waals surface area contributed by atoms with Crippen molar-refractivity contribution in [3.8, 4) is 11.8 Å². The molecule has 0 aliphatic rings. The van der Waals surface area contributed by atoms with Gasteiger partial charge in [0.15, 0.2) is 0 Å². The highest BCUT2D eigenvalue weighted by atomic mass is 35.5. The molecule has 0 radical (unpaired) electrons. The molecule has 0 aliphatic carbocycles. The molecule has 0 fully saturated rings. The van der Waals surface area contributed by atoms with E-state index in [9.17, 15) is 8.78 Å². The van der Waals surface area contributed by atoms with E-state index in [0.29, 0.717) is 6.61 Å². The van der Waals surface area contributed by atoms with E-state index in [1.54, 1.807) is 6.92 Å². The highest BCUT2D eigenvalue weighted by Crippen LogP contribution is 2.26. The van der Waals surface area contributed by atoms with Gasteiger partial charge in [0.25, 0.3) is 0 Å². The van der Waals surface area contributed by atoms with Gasteiger partial charge in [-0.3, -0.25) is 0 Å². The second-order valence-corrected chi connectivity index (χ2v) is 3.04. The molecule has 1 rings (SSSR count). The van der Waals surface area contributed by atoms with Crippen LogP contribution in [0, 0.1) is 0 Å². The highest BCUT2D eigenvalue weighted by Gasteiger charge is 2.29. The van der Waals surface area contributed by atoms with Crippen molar-refractivity contribution in [2.45, 2.75) is 12.5 Å². The fourth-order valence-electron chi connectivity index (χ4n) is 0.908. The number of anilines is 1. The maximum absolute atomic E-state index is 12.4. The number of hydrogen-bond donors (Lipinski definition) is 1. The van der Waals surface area contributed by atoms with Gasteiger partial charge < -0.3 is 14.8 Å². The molecule has 1 heterocycles. The van der Waals surface area contributed by atoms with Crippen LogP contribution in [0.2, 0.25) is 0 Å². The van der Waals surface area contributed by atoms with Crippen molar-refractivity contribution in [3.63, 3.8) is 0 Å². The van der Waals surface area contributed by atoms with Gasteiger partial charge in [-0.05, 0) is 6.92 Å². The van der Waals surface area contributed by atoms with Crippen molar-refractivity contribution < 1.29 is 18.3 Å². The lowest BCUT2D eigenvalue weighted by Gasteiger charge is -2.11. The summed E-state index contributed by atoms with van der Waals surface area (Å²) in [6.45, 7) is 2.08. The van der Waals surface area contributed by atoms with Crippen LogP contribution in [0.3, 0.4) is 0 Å². The van der Waals surface area contributed by atoms with Crippen molar-refractivity contribution in [2.24, 2.45) is 0 Å². The van der Waals surface area contributed by atoms with E-state index in [4.69, 9.17) is 4.74 Å². The molecular formula is C8H10ClF2N3O2. The zero-order valence-electron chi connectivity index (χ0n) is 8.63. The largest absolute Gasteiger partial charge is 0.488 e. The van der Waals surface area contributed by atoms with Crippen LogP contribution in [0.25, 0.3) is 0 Å². The Morgan fingerprint density at radius 3 is 2.56 bits per heavy atom. The summed E-state index contributed by atoms with van der Waals surface area (Å²) in [6.07, 6.45) is 0. The first-order chi connectivity index (χ1) is 7.44. The normalized spacial score (nSPS) is 11.1. The smallest absolute Gasteiger partial charge is 0.478 e. The van der Waals surface area contributed by atoms with E-state index in [1.165, 1.54) is 7.05 Å². The van der Waals surface area contributed by atoms with Gasteiger partial charge in [-0.15, -0.1) is 8.78 Å². The zero-order valence-corrected chi connectivity index (χ0v) is 9.39. The number of halogens is 3. The lowest BCUT2D eigenvalue weighted by Crippen LogP contribution is -2.17. The summed E-state index contributed by atoms with van der Waals surface area (Å²) in [7, 11) is 1.54. The molecule has 8 heteroatoms. The maximum Gasteiger partial charge on any atom is 0.488 e. The Morgan fingerprint density at radius 1 is 1.44 bits per heavy atom. The highest BCUT2D eigenvalue weighted by molar-refractivity contribution is 6.20. The molecule has 0 spiro atoms. The predicted molar refractivity (Wildman–Crippen MR) is 54.2 cm³/mol. The Hall–Kier alpha value is -1.37. The molecule has 1 aromatic heterocycles. The molecule has 0 unspecified atom stereocenters. The number of nitrogens with one attached hydrogen (secondary N) is 1. The number of ether oxygens (including phenoxy) is 2. The predicted octanol–water partition coefficient (Wildman–Crippen LogP) is 2.08. The average molecular weight is 254 g/mol. The fourth-order valence-corrected chi connectivity index (χ4v) is 0.987. The van der Waals surface area contributed by atoms with Crippen molar-refractivity contribution in [2.75, 3.05) is 19.0 Å². The zero-order chi connectivity index (χ0) is 12.2. The second kappa shape index (κ2) is 5.11. The monoisotopic (exact) mass is 253 g/mol. The maximum atomic E-state index is 12.4. The summed E-state index contributed by atoms with van der Waals surface area (Å²) in [4.78, 5) is 7.49. The molecule has 5 nitrogen and oxygen atoms in total. The number of nitrogens with zero attached hydrogens (tertiary/aromatic N) is 2. The van der Waals surface area contributed by atoms with Crippen LogP contribution in [0.1, 0.15) is 6.92 Å². The average Bonchev–Trinajstić information content (AvgIpc) is 2.15. The minimum Gasteiger partial charge on any atom is -0.478 e. The lowest BCUT2D eigenvalue weighted by molar-refractivity contribution is -0.0992. The van der Waals surface area contributed by atoms with Gasteiger partial charge in [-0.1, -0.05) is 0 Å². The summed E-state index contributed by atoms with van der Waals surface area (Å²) >= 11 is 4.62. The van der Waals surface area contributed by atoms with Crippen molar-refractivity contribution in [3.05, 3.63) is 6.07 Å². The lowest BCUT2D eigenvalue weighted by atomic mass is 10.6. The molecule has 0 atom stereocenters. The third kappa shape index (κ3) is 4.01. The van der Waals surface area contributed by atoms with Crippen LogP contribution >= 0.6 is 11.6 Å². The Labute approximate surface area is 95.7 Å². The molecule has 1 N–H and O–H groups in total. The Bertz CT molecular complexity index is 360. The van der Waals surface area contributed by atoms with Crippen LogP contribution in [-0.2, 0) is 0 Å². The number of aromatic nitrogens is 2. The van der Waals surface area contributed by atoms with Crippen LogP contribution in [0.15, 0.2) is 6.07 Å². The third-order valence-corrected chi connectivity index (χ3v) is 1.49. The van der Waals surface area contributed by atoms with Gasteiger partial charge in [-0.25, -0.2) is 0 Å². The van der Waals surface area contributed by atoms with Gasteiger partial charge in [-0.2, -0.15) is 9.97 Å². The van der Waals surface area contributed by atoms with E-state index in [2.05, 4.69) is 31.6 Å². The Kier molecular flexibility index (Phi) is 4.05. The van der Waals surface area contributed by atoms with Crippen LogP contribution in [0.5, 0.6) is 11.8 Å². The van der Waals surface area contributed by atoms with E-state index < -0.39 is 5.57 Å². The van der Waals surface area contributed by atoms with Crippen LogP contribution in [-0.4, -0.2) is 29.2 Å². The van der Waals surface area contributed by atoms with Gasteiger partial charge >= 0.3 is 5.57 Å². The number of hydrogen-bond acceptors (Lipinski definition) is 5. The topological polar surface area (TPSA) is 56.3 Å². The van der Waals surface area contributed by atoms with Crippen molar-refractivity contribution >= 4 is 17.5 Å². The Morgan fingerprint density at radius 2 is 2.06 bits per heavy atom. The minimum atomic E-state index is -3.82. The third-order valence-electron chi connectivity index (χ3n) is 1.42. The van der Waals surface area contributed by atoms with E-state index in [0.717, 1.165) is 6.07 Å². The van der Waals surface area contributed by atoms with Gasteiger partial charge in [0.1, 0.15) is 0 Å². The number of alkyl halides is 3. The first-order valence-corrected chi connectivity index (χ1v) is 4.77. The van der Waals surface area contributed by atoms with Crippen molar-refractivity contribution in [1.29, 1.82) is 0 Å². The molecule has 1 aromatic rings. The van der Waals surface area contributed by atoms with E-state index in [-0.39, 0.29) is 17.7 Å². The molecule has 0 saturated heterocycles. The van der Waals surface area contributed by atoms with Crippen LogP contribution < -0.4 is 14.8 Å². The minimum absolute atomic E-state index is 0.0990. The summed E-state index contributed by atoms with van der Waals surface area (Å²) in [5.41, 5.74) is -3.82. The quantitative estimate of drug-likeness (QED) is 0.815.